The number of nitrogens with zero attached hydrogens (tertiary/aromatic N) is 1. The van der Waals surface area contributed by atoms with Crippen molar-refractivity contribution in [3.63, 3.8) is 0 Å². The number of amides is 2. The maximum Gasteiger partial charge on any atom is 0.417 e. The van der Waals surface area contributed by atoms with Crippen molar-refractivity contribution >= 4 is 34.8 Å². The number of carbonyl (C=O) groups is 2. The molecule has 0 atom stereocenters. The van der Waals surface area contributed by atoms with E-state index in [0.29, 0.717) is 5.69 Å². The zero-order valence-electron chi connectivity index (χ0n) is 14.9. The van der Waals surface area contributed by atoms with E-state index in [1.807, 2.05) is 26.0 Å². The van der Waals surface area contributed by atoms with Crippen LogP contribution in [0.2, 0.25) is 5.02 Å². The Morgan fingerprint density at radius 2 is 1.78 bits per heavy atom. The van der Waals surface area contributed by atoms with Gasteiger partial charge in [0.05, 0.1) is 10.6 Å². The Hall–Kier alpha value is -2.54. The summed E-state index contributed by atoms with van der Waals surface area (Å²) in [6.07, 6.45) is -4.67. The second kappa shape index (κ2) is 8.00. The highest BCUT2D eigenvalue weighted by Crippen LogP contribution is 2.37. The Morgan fingerprint density at radius 3 is 2.33 bits per heavy atom. The second-order valence-corrected chi connectivity index (χ2v) is 6.54. The molecule has 0 saturated heterocycles. The average molecular weight is 399 g/mol. The fourth-order valence-electron chi connectivity index (χ4n) is 2.57. The molecule has 1 N–H and O–H groups in total. The number of halogens is 4. The molecule has 0 spiro atoms. The number of alkyl halides is 3. The molecular weight excluding hydrogens is 381 g/mol. The van der Waals surface area contributed by atoms with E-state index in [2.05, 4.69) is 5.32 Å². The van der Waals surface area contributed by atoms with Crippen LogP contribution in [0, 0.1) is 13.8 Å². The van der Waals surface area contributed by atoms with E-state index in [0.717, 1.165) is 28.2 Å². The molecule has 0 unspecified atom stereocenters. The fourth-order valence-corrected chi connectivity index (χ4v) is 2.79. The predicted molar refractivity (Wildman–Crippen MR) is 99.0 cm³/mol. The van der Waals surface area contributed by atoms with Crippen LogP contribution in [0.1, 0.15) is 23.6 Å². The molecule has 2 rings (SSSR count). The van der Waals surface area contributed by atoms with Crippen LogP contribution in [-0.4, -0.2) is 18.4 Å². The van der Waals surface area contributed by atoms with Gasteiger partial charge in [0.25, 0.3) is 0 Å². The van der Waals surface area contributed by atoms with Gasteiger partial charge in [0, 0.05) is 18.3 Å². The molecule has 4 nitrogen and oxygen atoms in total. The number of carbonyl (C=O) groups excluding carboxylic acids is 2. The van der Waals surface area contributed by atoms with Crippen LogP contribution in [0.4, 0.5) is 24.5 Å². The molecule has 2 amide bonds. The van der Waals surface area contributed by atoms with Gasteiger partial charge in [-0.25, -0.2) is 0 Å². The molecule has 0 aromatic heterocycles. The van der Waals surface area contributed by atoms with Gasteiger partial charge in [0.15, 0.2) is 0 Å². The van der Waals surface area contributed by atoms with E-state index in [4.69, 9.17) is 11.6 Å². The zero-order valence-corrected chi connectivity index (χ0v) is 15.7. The first-order valence-corrected chi connectivity index (χ1v) is 8.39. The monoisotopic (exact) mass is 398 g/mol. The molecule has 0 aliphatic heterocycles. The summed E-state index contributed by atoms with van der Waals surface area (Å²) in [6.45, 7) is 4.48. The highest BCUT2D eigenvalue weighted by molar-refractivity contribution is 6.31. The molecule has 0 heterocycles. The molecule has 27 heavy (non-hydrogen) atoms. The van der Waals surface area contributed by atoms with Crippen molar-refractivity contribution in [1.82, 2.24) is 0 Å². The molecule has 0 aliphatic rings. The molecule has 0 saturated carbocycles. The van der Waals surface area contributed by atoms with E-state index in [9.17, 15) is 22.8 Å². The van der Waals surface area contributed by atoms with Crippen molar-refractivity contribution in [2.75, 3.05) is 16.8 Å². The summed E-state index contributed by atoms with van der Waals surface area (Å²) in [5.41, 5.74) is 1.30. The minimum atomic E-state index is -4.67. The number of hydrogen-bond donors (Lipinski definition) is 1. The van der Waals surface area contributed by atoms with Gasteiger partial charge in [-0.15, -0.1) is 0 Å². The zero-order chi connectivity index (χ0) is 20.4. The Kier molecular flexibility index (Phi) is 6.15. The minimum Gasteiger partial charge on any atom is -0.324 e. The summed E-state index contributed by atoms with van der Waals surface area (Å²) < 4.78 is 39.2. The molecular formula is C19H18ClF3N2O2. The van der Waals surface area contributed by atoms with Gasteiger partial charge in [-0.3, -0.25) is 9.59 Å². The van der Waals surface area contributed by atoms with E-state index >= 15 is 0 Å². The first kappa shape index (κ1) is 20.8. The number of hydrogen-bond acceptors (Lipinski definition) is 2. The first-order valence-electron chi connectivity index (χ1n) is 8.01. The second-order valence-electron chi connectivity index (χ2n) is 6.13. The predicted octanol–water partition coefficient (Wildman–Crippen LogP) is 4.97. The normalized spacial score (nSPS) is 11.2. The Balaban J connectivity index is 2.25. The Bertz CT molecular complexity index is 882. The molecule has 8 heteroatoms. The minimum absolute atomic E-state index is 0.0602. The number of aryl methyl sites for hydroxylation is 2. The van der Waals surface area contributed by atoms with E-state index in [-0.39, 0.29) is 5.69 Å². The third-order valence-electron chi connectivity index (χ3n) is 3.90. The molecule has 0 bridgehead atoms. The van der Waals surface area contributed by atoms with Gasteiger partial charge >= 0.3 is 6.18 Å². The van der Waals surface area contributed by atoms with Crippen LogP contribution in [0.5, 0.6) is 0 Å². The fraction of sp³-hybridized carbons (Fsp3) is 0.263. The maximum atomic E-state index is 13.1. The van der Waals surface area contributed by atoms with Crippen LogP contribution in [0.3, 0.4) is 0 Å². The lowest BCUT2D eigenvalue weighted by Gasteiger charge is -2.22. The molecule has 2 aromatic carbocycles. The summed E-state index contributed by atoms with van der Waals surface area (Å²) in [6, 6.07) is 8.51. The average Bonchev–Trinajstić information content (AvgIpc) is 2.54. The summed E-state index contributed by atoms with van der Waals surface area (Å²) in [7, 11) is 0. The summed E-state index contributed by atoms with van der Waals surface area (Å²) in [4.78, 5) is 25.2. The van der Waals surface area contributed by atoms with E-state index in [1.54, 1.807) is 6.07 Å². The van der Waals surface area contributed by atoms with E-state index < -0.39 is 35.1 Å². The number of rotatable bonds is 4. The van der Waals surface area contributed by atoms with Gasteiger partial charge < -0.3 is 10.2 Å². The summed E-state index contributed by atoms with van der Waals surface area (Å²) in [5.74, 6) is -1.10. The molecule has 144 valence electrons. The van der Waals surface area contributed by atoms with Crippen molar-refractivity contribution in [1.29, 1.82) is 0 Å². The lowest BCUT2D eigenvalue weighted by atomic mass is 10.1. The van der Waals surface area contributed by atoms with Gasteiger partial charge in [-0.1, -0.05) is 29.3 Å². The molecule has 2 aromatic rings. The van der Waals surface area contributed by atoms with Crippen LogP contribution < -0.4 is 10.2 Å². The third kappa shape index (κ3) is 5.23. The van der Waals surface area contributed by atoms with Gasteiger partial charge in [0.1, 0.15) is 6.54 Å². The quantitative estimate of drug-likeness (QED) is 0.790. The van der Waals surface area contributed by atoms with Gasteiger partial charge in [-0.2, -0.15) is 13.2 Å². The van der Waals surface area contributed by atoms with E-state index in [1.165, 1.54) is 13.0 Å². The van der Waals surface area contributed by atoms with Crippen molar-refractivity contribution in [2.45, 2.75) is 26.9 Å². The standard InChI is InChI=1S/C19H18ClF3N2O2/c1-11-4-7-17(12(2)8-11)24-18(27)10-25(13(3)26)14-5-6-16(20)15(9-14)19(21,22)23/h4-9H,10H2,1-3H3,(H,24,27). The smallest absolute Gasteiger partial charge is 0.324 e. The highest BCUT2D eigenvalue weighted by atomic mass is 35.5. The lowest BCUT2D eigenvalue weighted by Crippen LogP contribution is -2.37. The topological polar surface area (TPSA) is 49.4 Å². The Morgan fingerprint density at radius 1 is 1.11 bits per heavy atom. The first-order chi connectivity index (χ1) is 12.5. The molecule has 0 aliphatic carbocycles. The summed E-state index contributed by atoms with van der Waals surface area (Å²) >= 11 is 5.61. The van der Waals surface area contributed by atoms with Crippen LogP contribution >= 0.6 is 11.6 Å². The van der Waals surface area contributed by atoms with Crippen molar-refractivity contribution in [3.05, 3.63) is 58.1 Å². The van der Waals surface area contributed by atoms with Crippen LogP contribution in [0.15, 0.2) is 36.4 Å². The number of nitrogens with one attached hydrogen (secondary N) is 1. The van der Waals surface area contributed by atoms with Crippen molar-refractivity contribution < 1.29 is 22.8 Å². The van der Waals surface area contributed by atoms with Crippen molar-refractivity contribution in [3.8, 4) is 0 Å². The van der Waals surface area contributed by atoms with Crippen molar-refractivity contribution in [2.24, 2.45) is 0 Å². The number of anilines is 2. The van der Waals surface area contributed by atoms with Gasteiger partial charge in [0.2, 0.25) is 11.8 Å². The SMILES string of the molecule is CC(=O)N(CC(=O)Nc1ccc(C)cc1C)c1ccc(Cl)c(C(F)(F)F)c1. The summed E-state index contributed by atoms with van der Waals surface area (Å²) in [5, 5.41) is 2.19. The lowest BCUT2D eigenvalue weighted by molar-refractivity contribution is -0.137. The van der Waals surface area contributed by atoms with Crippen LogP contribution in [-0.2, 0) is 15.8 Å². The maximum absolute atomic E-state index is 13.1. The molecule has 0 radical (unpaired) electrons. The highest BCUT2D eigenvalue weighted by Gasteiger charge is 2.34. The Labute approximate surface area is 159 Å². The third-order valence-corrected chi connectivity index (χ3v) is 4.23. The number of benzene rings is 2. The van der Waals surface area contributed by atoms with Crippen LogP contribution in [0.25, 0.3) is 0 Å². The molecule has 0 fully saturated rings. The largest absolute Gasteiger partial charge is 0.417 e. The van der Waals surface area contributed by atoms with Gasteiger partial charge in [-0.05, 0) is 43.7 Å².